The molecule has 2 rings (SSSR count). The lowest BCUT2D eigenvalue weighted by molar-refractivity contribution is 0.0605. The van der Waals surface area contributed by atoms with Crippen LogP contribution in [0.25, 0.3) is 0 Å². The molecular weight excluding hydrogens is 242 g/mol. The summed E-state index contributed by atoms with van der Waals surface area (Å²) in [5, 5.41) is 3.55. The number of hydrogen-bond acceptors (Lipinski definition) is 4. The molecular formula is C15H23NO3. The van der Waals surface area contributed by atoms with E-state index in [1.54, 1.807) is 21.3 Å². The van der Waals surface area contributed by atoms with E-state index in [9.17, 15) is 0 Å². The Morgan fingerprint density at radius 2 is 1.84 bits per heavy atom. The zero-order chi connectivity index (χ0) is 13.7. The third-order valence-corrected chi connectivity index (χ3v) is 3.75. The molecule has 106 valence electrons. The molecule has 1 aliphatic rings. The van der Waals surface area contributed by atoms with E-state index in [-0.39, 0.29) is 6.10 Å². The van der Waals surface area contributed by atoms with Gasteiger partial charge < -0.3 is 19.5 Å². The first-order chi connectivity index (χ1) is 9.28. The average Bonchev–Trinajstić information content (AvgIpc) is 2.47. The summed E-state index contributed by atoms with van der Waals surface area (Å²) < 4.78 is 16.2. The van der Waals surface area contributed by atoms with Crippen molar-refractivity contribution in [1.29, 1.82) is 0 Å². The zero-order valence-corrected chi connectivity index (χ0v) is 11.9. The molecule has 0 unspecified atom stereocenters. The standard InChI is InChI=1S/C15H23NO3/c1-17-11-8-9-15(19-3)13(10-11)16-12-6-4-5-7-14(12)18-2/h8-10,12,14,16H,4-7H2,1-3H3/t12-,14-/m0/s1. The predicted molar refractivity (Wildman–Crippen MR) is 76.2 cm³/mol. The Balaban J connectivity index is 2.16. The Kier molecular flexibility index (Phi) is 4.91. The summed E-state index contributed by atoms with van der Waals surface area (Å²) in [6.07, 6.45) is 4.99. The number of methoxy groups -OCH3 is 3. The van der Waals surface area contributed by atoms with Crippen molar-refractivity contribution in [3.8, 4) is 11.5 Å². The van der Waals surface area contributed by atoms with Gasteiger partial charge in [-0.1, -0.05) is 12.8 Å². The van der Waals surface area contributed by atoms with E-state index >= 15 is 0 Å². The minimum absolute atomic E-state index is 0.268. The van der Waals surface area contributed by atoms with E-state index in [4.69, 9.17) is 14.2 Å². The predicted octanol–water partition coefficient (Wildman–Crippen LogP) is 3.07. The van der Waals surface area contributed by atoms with E-state index in [1.807, 2.05) is 18.2 Å². The molecule has 0 bridgehead atoms. The first-order valence-corrected chi connectivity index (χ1v) is 6.80. The maximum Gasteiger partial charge on any atom is 0.142 e. The van der Waals surface area contributed by atoms with Crippen molar-refractivity contribution in [2.45, 2.75) is 37.8 Å². The van der Waals surface area contributed by atoms with Gasteiger partial charge in [0.05, 0.1) is 32.1 Å². The first kappa shape index (κ1) is 14.0. The second kappa shape index (κ2) is 6.66. The molecule has 1 aliphatic carbocycles. The van der Waals surface area contributed by atoms with Crippen LogP contribution in [0.15, 0.2) is 18.2 Å². The van der Waals surface area contributed by atoms with Gasteiger partial charge in [0.2, 0.25) is 0 Å². The Bertz CT molecular complexity index is 408. The summed E-state index contributed by atoms with van der Waals surface area (Å²) in [5.74, 6) is 1.66. The third kappa shape index (κ3) is 3.32. The van der Waals surface area contributed by atoms with E-state index in [2.05, 4.69) is 5.32 Å². The summed E-state index contributed by atoms with van der Waals surface area (Å²) in [4.78, 5) is 0. The lowest BCUT2D eigenvalue weighted by Gasteiger charge is -2.32. The van der Waals surface area contributed by atoms with Gasteiger partial charge in [0.1, 0.15) is 11.5 Å². The van der Waals surface area contributed by atoms with Crippen molar-refractivity contribution < 1.29 is 14.2 Å². The van der Waals surface area contributed by atoms with Crippen LogP contribution in [-0.2, 0) is 4.74 Å². The molecule has 1 aromatic rings. The zero-order valence-electron chi connectivity index (χ0n) is 11.9. The molecule has 1 aromatic carbocycles. The van der Waals surface area contributed by atoms with Gasteiger partial charge in [-0.05, 0) is 25.0 Å². The topological polar surface area (TPSA) is 39.7 Å². The highest BCUT2D eigenvalue weighted by atomic mass is 16.5. The van der Waals surface area contributed by atoms with Gasteiger partial charge in [-0.2, -0.15) is 0 Å². The lowest BCUT2D eigenvalue weighted by atomic mass is 9.92. The Labute approximate surface area is 115 Å². The van der Waals surface area contributed by atoms with Crippen LogP contribution in [0, 0.1) is 0 Å². The largest absolute Gasteiger partial charge is 0.497 e. The summed E-state index contributed by atoms with van der Waals surface area (Å²) in [6, 6.07) is 6.13. The van der Waals surface area contributed by atoms with Crippen LogP contribution in [0.1, 0.15) is 25.7 Å². The number of anilines is 1. The molecule has 2 atom stereocenters. The molecule has 0 spiro atoms. The van der Waals surface area contributed by atoms with Crippen molar-refractivity contribution >= 4 is 5.69 Å². The second-order valence-corrected chi connectivity index (χ2v) is 4.88. The maximum atomic E-state index is 5.57. The number of hydrogen-bond donors (Lipinski definition) is 1. The van der Waals surface area contributed by atoms with E-state index in [0.29, 0.717) is 6.04 Å². The van der Waals surface area contributed by atoms with Crippen molar-refractivity contribution in [3.63, 3.8) is 0 Å². The van der Waals surface area contributed by atoms with Gasteiger partial charge in [-0.15, -0.1) is 0 Å². The molecule has 0 aliphatic heterocycles. The average molecular weight is 265 g/mol. The summed E-state index contributed by atoms with van der Waals surface area (Å²) in [6.45, 7) is 0. The highest BCUT2D eigenvalue weighted by molar-refractivity contribution is 5.60. The molecule has 0 heterocycles. The Hall–Kier alpha value is -1.42. The molecule has 0 aromatic heterocycles. The molecule has 4 nitrogen and oxygen atoms in total. The van der Waals surface area contributed by atoms with Gasteiger partial charge in [0.25, 0.3) is 0 Å². The second-order valence-electron chi connectivity index (χ2n) is 4.88. The fourth-order valence-electron chi connectivity index (χ4n) is 2.67. The van der Waals surface area contributed by atoms with Gasteiger partial charge in [-0.25, -0.2) is 0 Å². The number of nitrogens with one attached hydrogen (secondary N) is 1. The quantitative estimate of drug-likeness (QED) is 0.888. The fraction of sp³-hybridized carbons (Fsp3) is 0.600. The summed E-state index contributed by atoms with van der Waals surface area (Å²) >= 11 is 0. The molecule has 4 heteroatoms. The highest BCUT2D eigenvalue weighted by Crippen LogP contribution is 2.32. The van der Waals surface area contributed by atoms with Crippen molar-refractivity contribution in [3.05, 3.63) is 18.2 Å². The summed E-state index contributed by atoms with van der Waals surface area (Å²) in [7, 11) is 5.14. The van der Waals surface area contributed by atoms with Gasteiger partial charge in [0.15, 0.2) is 0 Å². The third-order valence-electron chi connectivity index (χ3n) is 3.75. The van der Waals surface area contributed by atoms with E-state index in [0.717, 1.165) is 30.0 Å². The molecule has 1 fully saturated rings. The molecule has 19 heavy (non-hydrogen) atoms. The Morgan fingerprint density at radius 1 is 1.05 bits per heavy atom. The smallest absolute Gasteiger partial charge is 0.142 e. The monoisotopic (exact) mass is 265 g/mol. The molecule has 0 amide bonds. The number of ether oxygens (including phenoxy) is 3. The highest BCUT2D eigenvalue weighted by Gasteiger charge is 2.25. The van der Waals surface area contributed by atoms with Crippen LogP contribution < -0.4 is 14.8 Å². The number of benzene rings is 1. The SMILES string of the molecule is COc1ccc(OC)c(N[C@H]2CCCC[C@@H]2OC)c1. The Morgan fingerprint density at radius 3 is 2.53 bits per heavy atom. The van der Waals surface area contributed by atoms with Gasteiger partial charge >= 0.3 is 0 Å². The first-order valence-electron chi connectivity index (χ1n) is 6.80. The fourth-order valence-corrected chi connectivity index (χ4v) is 2.67. The van der Waals surface area contributed by atoms with Crippen LogP contribution in [0.4, 0.5) is 5.69 Å². The lowest BCUT2D eigenvalue weighted by Crippen LogP contribution is -2.37. The molecule has 1 saturated carbocycles. The van der Waals surface area contributed by atoms with Crippen molar-refractivity contribution in [1.82, 2.24) is 0 Å². The minimum Gasteiger partial charge on any atom is -0.497 e. The summed E-state index contributed by atoms with van der Waals surface area (Å²) in [5.41, 5.74) is 0.968. The van der Waals surface area contributed by atoms with Crippen LogP contribution in [0.5, 0.6) is 11.5 Å². The molecule has 0 radical (unpaired) electrons. The van der Waals surface area contributed by atoms with Gasteiger partial charge in [0, 0.05) is 13.2 Å². The van der Waals surface area contributed by atoms with Crippen LogP contribution in [-0.4, -0.2) is 33.5 Å². The normalized spacial score (nSPS) is 22.9. The van der Waals surface area contributed by atoms with Crippen LogP contribution in [0.2, 0.25) is 0 Å². The van der Waals surface area contributed by atoms with Crippen molar-refractivity contribution in [2.75, 3.05) is 26.6 Å². The molecule has 0 saturated heterocycles. The molecule has 1 N–H and O–H groups in total. The van der Waals surface area contributed by atoms with Crippen LogP contribution >= 0.6 is 0 Å². The minimum atomic E-state index is 0.268. The van der Waals surface area contributed by atoms with Crippen molar-refractivity contribution in [2.24, 2.45) is 0 Å². The van der Waals surface area contributed by atoms with E-state index < -0.39 is 0 Å². The van der Waals surface area contributed by atoms with E-state index in [1.165, 1.54) is 12.8 Å². The van der Waals surface area contributed by atoms with Crippen LogP contribution in [0.3, 0.4) is 0 Å². The number of rotatable bonds is 5. The van der Waals surface area contributed by atoms with Gasteiger partial charge in [-0.3, -0.25) is 0 Å². The maximum absolute atomic E-state index is 5.57.